The minimum atomic E-state index is -0.300. The van der Waals surface area contributed by atoms with Crippen molar-refractivity contribution < 1.29 is 9.53 Å². The molecule has 0 saturated carbocycles. The fraction of sp³-hybridized carbons (Fsp3) is 0.286. The number of likely N-dealkylation sites (N-methyl/N-ethyl adjacent to an activating group) is 1. The van der Waals surface area contributed by atoms with Crippen molar-refractivity contribution in [2.45, 2.75) is 19.9 Å². The van der Waals surface area contributed by atoms with E-state index in [2.05, 4.69) is 75.0 Å². The molecule has 10 heteroatoms. The molecule has 0 radical (unpaired) electrons. The van der Waals surface area contributed by atoms with Crippen molar-refractivity contribution in [3.05, 3.63) is 67.5 Å². The second-order valence-corrected chi connectivity index (χ2v) is 9.56. The Morgan fingerprint density at radius 2 is 1.82 bits per heavy atom. The van der Waals surface area contributed by atoms with Gasteiger partial charge in [0.2, 0.25) is 5.91 Å². The van der Waals surface area contributed by atoms with Crippen LogP contribution in [0.5, 0.6) is 11.8 Å². The van der Waals surface area contributed by atoms with Gasteiger partial charge in [-0.1, -0.05) is 12.6 Å². The van der Waals surface area contributed by atoms with E-state index >= 15 is 0 Å². The molecule has 0 atom stereocenters. The van der Waals surface area contributed by atoms with Crippen LogP contribution in [0.4, 0.5) is 22.9 Å². The summed E-state index contributed by atoms with van der Waals surface area (Å²) in [6, 6.07) is 15.7. The van der Waals surface area contributed by atoms with Crippen molar-refractivity contribution in [3.63, 3.8) is 0 Å². The molecule has 196 valence electrons. The second kappa shape index (κ2) is 10.9. The maximum Gasteiger partial charge on any atom is 0.326 e. The molecule has 0 bridgehead atoms. The summed E-state index contributed by atoms with van der Waals surface area (Å²) in [7, 11) is 2.16. The van der Waals surface area contributed by atoms with Crippen LogP contribution >= 0.6 is 0 Å². The van der Waals surface area contributed by atoms with Crippen molar-refractivity contribution in [1.29, 1.82) is 0 Å². The van der Waals surface area contributed by atoms with Crippen LogP contribution in [0, 0.1) is 0 Å². The molecule has 10 nitrogen and oxygen atoms in total. The lowest BCUT2D eigenvalue weighted by Gasteiger charge is -2.34. The van der Waals surface area contributed by atoms with E-state index in [-0.39, 0.29) is 18.0 Å². The van der Waals surface area contributed by atoms with Gasteiger partial charge in [-0.15, -0.1) is 0 Å². The van der Waals surface area contributed by atoms with Crippen LogP contribution < -0.4 is 20.3 Å². The number of aromatic nitrogens is 4. The highest BCUT2D eigenvalue weighted by atomic mass is 16.5. The zero-order valence-corrected chi connectivity index (χ0v) is 21.9. The van der Waals surface area contributed by atoms with Gasteiger partial charge < -0.3 is 29.7 Å². The number of ether oxygens (including phenoxy) is 1. The highest BCUT2D eigenvalue weighted by molar-refractivity contribution is 5.99. The Morgan fingerprint density at radius 1 is 1.05 bits per heavy atom. The maximum absolute atomic E-state index is 11.7. The van der Waals surface area contributed by atoms with E-state index in [9.17, 15) is 4.79 Å². The molecule has 38 heavy (non-hydrogen) atoms. The Bertz CT molecular complexity index is 1440. The summed E-state index contributed by atoms with van der Waals surface area (Å²) in [6.45, 7) is 11.8. The Labute approximate surface area is 222 Å². The molecule has 1 fully saturated rings. The van der Waals surface area contributed by atoms with Crippen molar-refractivity contribution in [3.8, 4) is 11.8 Å². The largest absolute Gasteiger partial charge is 0.424 e. The maximum atomic E-state index is 11.7. The lowest BCUT2D eigenvalue weighted by atomic mass is 10.2. The molecule has 3 heterocycles. The average Bonchev–Trinajstić information content (AvgIpc) is 3.34. The molecular formula is C28H32N8O2. The number of carbonyl (C=O) groups is 1. The number of nitrogens with zero attached hydrogens (tertiary/aromatic N) is 6. The lowest BCUT2D eigenvalue weighted by molar-refractivity contribution is -0.111. The smallest absolute Gasteiger partial charge is 0.326 e. The first kappa shape index (κ1) is 25.2. The SMILES string of the molecule is C=CC(=O)Nc1cccc(Oc2nc(Nc3ccc(N4CCN(C)CC4)cc3)c3ncn(C(C)C)c3n2)c1. The van der Waals surface area contributed by atoms with E-state index in [1.165, 1.54) is 11.8 Å². The second-order valence-electron chi connectivity index (χ2n) is 9.56. The fourth-order valence-corrected chi connectivity index (χ4v) is 4.30. The van der Waals surface area contributed by atoms with Gasteiger partial charge in [-0.05, 0) is 63.4 Å². The summed E-state index contributed by atoms with van der Waals surface area (Å²) in [6.07, 6.45) is 2.98. The Balaban J connectivity index is 1.42. The van der Waals surface area contributed by atoms with Gasteiger partial charge in [0.05, 0.1) is 6.33 Å². The number of amides is 1. The van der Waals surface area contributed by atoms with E-state index in [1.807, 2.05) is 16.7 Å². The molecule has 5 rings (SSSR count). The minimum absolute atomic E-state index is 0.149. The predicted molar refractivity (Wildman–Crippen MR) is 150 cm³/mol. The fourth-order valence-electron chi connectivity index (χ4n) is 4.30. The number of carbonyl (C=O) groups excluding carboxylic acids is 1. The monoisotopic (exact) mass is 512 g/mol. The molecule has 0 unspecified atom stereocenters. The normalized spacial score (nSPS) is 14.1. The van der Waals surface area contributed by atoms with E-state index < -0.39 is 0 Å². The van der Waals surface area contributed by atoms with E-state index in [4.69, 9.17) is 4.74 Å². The summed E-state index contributed by atoms with van der Waals surface area (Å²) >= 11 is 0. The Hall–Kier alpha value is -4.44. The number of anilines is 4. The molecule has 1 aliphatic heterocycles. The molecular weight excluding hydrogens is 480 g/mol. The third-order valence-electron chi connectivity index (χ3n) is 6.45. The van der Waals surface area contributed by atoms with E-state index in [0.29, 0.717) is 28.4 Å². The molecule has 4 aromatic rings. The van der Waals surface area contributed by atoms with Gasteiger partial charge in [-0.3, -0.25) is 4.79 Å². The van der Waals surface area contributed by atoms with Crippen molar-refractivity contribution in [2.75, 3.05) is 48.8 Å². The number of fused-ring (bicyclic) bond motifs is 1. The standard InChI is InChI=1S/C28H32N8O2/c1-5-24(37)30-21-7-6-8-23(17-21)38-28-32-26(25-27(33-28)36(18-29-25)19(2)3)31-20-9-11-22(12-10-20)35-15-13-34(4)14-16-35/h5-12,17-19H,1,13-16H2,2-4H3,(H,30,37)(H,31,32,33). The number of imidazole rings is 1. The highest BCUT2D eigenvalue weighted by Gasteiger charge is 2.18. The number of nitrogens with one attached hydrogen (secondary N) is 2. The minimum Gasteiger partial charge on any atom is -0.424 e. The van der Waals surface area contributed by atoms with Crippen LogP contribution in [0.1, 0.15) is 19.9 Å². The van der Waals surface area contributed by atoms with Gasteiger partial charge in [0.1, 0.15) is 5.75 Å². The third kappa shape index (κ3) is 5.60. The van der Waals surface area contributed by atoms with Crippen LogP contribution in [0.3, 0.4) is 0 Å². The number of rotatable bonds is 8. The van der Waals surface area contributed by atoms with E-state index in [1.54, 1.807) is 30.6 Å². The molecule has 2 aromatic carbocycles. The van der Waals surface area contributed by atoms with Crippen molar-refractivity contribution in [2.24, 2.45) is 0 Å². The number of piperazine rings is 1. The van der Waals surface area contributed by atoms with Gasteiger partial charge in [0, 0.05) is 55.3 Å². The lowest BCUT2D eigenvalue weighted by Crippen LogP contribution is -2.44. The summed E-state index contributed by atoms with van der Waals surface area (Å²) < 4.78 is 8.02. The topological polar surface area (TPSA) is 100 Å². The first-order chi connectivity index (χ1) is 18.4. The van der Waals surface area contributed by atoms with Gasteiger partial charge >= 0.3 is 6.01 Å². The van der Waals surface area contributed by atoms with Crippen LogP contribution in [0.15, 0.2) is 67.5 Å². The molecule has 2 aromatic heterocycles. The van der Waals surface area contributed by atoms with E-state index in [0.717, 1.165) is 31.9 Å². The van der Waals surface area contributed by atoms with Gasteiger partial charge in [0.25, 0.3) is 0 Å². The van der Waals surface area contributed by atoms with Crippen LogP contribution in [0.25, 0.3) is 11.2 Å². The summed E-state index contributed by atoms with van der Waals surface area (Å²) in [5, 5.41) is 6.14. The highest BCUT2D eigenvalue weighted by Crippen LogP contribution is 2.30. The molecule has 0 aliphatic carbocycles. The molecule has 0 spiro atoms. The Morgan fingerprint density at radius 3 is 2.53 bits per heavy atom. The van der Waals surface area contributed by atoms with Gasteiger partial charge in [0.15, 0.2) is 17.0 Å². The van der Waals surface area contributed by atoms with Crippen LogP contribution in [0.2, 0.25) is 0 Å². The van der Waals surface area contributed by atoms with Crippen molar-refractivity contribution in [1.82, 2.24) is 24.4 Å². The summed E-state index contributed by atoms with van der Waals surface area (Å²) in [4.78, 5) is 30.3. The van der Waals surface area contributed by atoms with Crippen LogP contribution in [-0.2, 0) is 4.79 Å². The average molecular weight is 513 g/mol. The number of hydrogen-bond acceptors (Lipinski definition) is 8. The molecule has 1 amide bonds. The van der Waals surface area contributed by atoms with Gasteiger partial charge in [-0.25, -0.2) is 4.98 Å². The molecule has 1 aliphatic rings. The number of benzene rings is 2. The van der Waals surface area contributed by atoms with Crippen LogP contribution in [-0.4, -0.2) is 63.6 Å². The quantitative estimate of drug-likeness (QED) is 0.324. The summed E-state index contributed by atoms with van der Waals surface area (Å²) in [5.74, 6) is 0.739. The first-order valence-electron chi connectivity index (χ1n) is 12.7. The summed E-state index contributed by atoms with van der Waals surface area (Å²) in [5.41, 5.74) is 3.99. The zero-order chi connectivity index (χ0) is 26.6. The van der Waals surface area contributed by atoms with Gasteiger partial charge in [-0.2, -0.15) is 9.97 Å². The zero-order valence-electron chi connectivity index (χ0n) is 21.9. The predicted octanol–water partition coefficient (Wildman–Crippen LogP) is 4.82. The third-order valence-corrected chi connectivity index (χ3v) is 6.45. The first-order valence-corrected chi connectivity index (χ1v) is 12.7. The van der Waals surface area contributed by atoms with Crippen molar-refractivity contribution >= 4 is 40.0 Å². The Kier molecular flexibility index (Phi) is 7.23. The molecule has 1 saturated heterocycles. The molecule has 2 N–H and O–H groups in total. The number of hydrogen-bond donors (Lipinski definition) is 2.